The molecule has 1 aliphatic rings. The average Bonchev–Trinajstić information content (AvgIpc) is 3.47. The lowest BCUT2D eigenvalue weighted by Gasteiger charge is -2.09. The van der Waals surface area contributed by atoms with Crippen molar-refractivity contribution in [1.29, 1.82) is 0 Å². The Labute approximate surface area is 186 Å². The number of nitrogens with zero attached hydrogens (tertiary/aromatic N) is 3. The van der Waals surface area contributed by atoms with Crippen molar-refractivity contribution in [2.24, 2.45) is 7.05 Å². The molecule has 1 aromatic carbocycles. The number of fused-ring (bicyclic) bond motifs is 1. The summed E-state index contributed by atoms with van der Waals surface area (Å²) >= 11 is 2.73. The molecule has 1 aliphatic carbocycles. The van der Waals surface area contributed by atoms with Crippen LogP contribution in [0.15, 0.2) is 41.8 Å². The van der Waals surface area contributed by atoms with Crippen molar-refractivity contribution >= 4 is 46.5 Å². The number of hydrazine groups is 1. The van der Waals surface area contributed by atoms with E-state index in [1.807, 2.05) is 6.07 Å². The molecular formula is C20H20N6O3S2. The molecule has 0 spiro atoms. The van der Waals surface area contributed by atoms with Crippen molar-refractivity contribution in [3.8, 4) is 0 Å². The maximum Gasteiger partial charge on any atom is 0.279 e. The summed E-state index contributed by atoms with van der Waals surface area (Å²) in [7, 11) is 1.80. The molecule has 9 nitrogen and oxygen atoms in total. The zero-order valence-electron chi connectivity index (χ0n) is 16.7. The molecule has 4 rings (SSSR count). The fourth-order valence-corrected chi connectivity index (χ4v) is 4.99. The van der Waals surface area contributed by atoms with Gasteiger partial charge in [0.05, 0.1) is 10.6 Å². The van der Waals surface area contributed by atoms with E-state index in [-0.39, 0.29) is 17.6 Å². The molecule has 0 atom stereocenters. The standard InChI is InChI=1S/C20H20N6O3S2/c1-26-11-21-25-20(26)30-10-17(27)22-14-6-2-5-13(8-14)18(28)23-24-19(29)16-9-12-4-3-7-15(12)31-16/h2,5-6,8-9,11H,3-4,7,10H2,1H3,(H,22,27)(H,23,28)(H,24,29). The second-order valence-corrected chi connectivity index (χ2v) is 9.04. The van der Waals surface area contributed by atoms with Gasteiger partial charge in [0, 0.05) is 23.2 Å². The topological polar surface area (TPSA) is 118 Å². The normalized spacial score (nSPS) is 12.3. The number of hydrogen-bond acceptors (Lipinski definition) is 7. The summed E-state index contributed by atoms with van der Waals surface area (Å²) in [4.78, 5) is 38.7. The third-order valence-corrected chi connectivity index (χ3v) is 6.94. The number of aromatic nitrogens is 3. The van der Waals surface area contributed by atoms with E-state index in [9.17, 15) is 14.4 Å². The van der Waals surface area contributed by atoms with Crippen LogP contribution in [-0.2, 0) is 24.7 Å². The van der Waals surface area contributed by atoms with Gasteiger partial charge in [-0.05, 0) is 49.1 Å². The number of amides is 3. The van der Waals surface area contributed by atoms with E-state index in [4.69, 9.17) is 0 Å². The number of hydrogen-bond donors (Lipinski definition) is 3. The maximum atomic E-state index is 12.4. The number of thiophene rings is 1. The number of benzene rings is 1. The van der Waals surface area contributed by atoms with Gasteiger partial charge in [-0.2, -0.15) is 0 Å². The van der Waals surface area contributed by atoms with Crippen LogP contribution in [0.5, 0.6) is 0 Å². The lowest BCUT2D eigenvalue weighted by Crippen LogP contribution is -2.41. The molecule has 0 fully saturated rings. The van der Waals surface area contributed by atoms with Gasteiger partial charge in [0.2, 0.25) is 5.91 Å². The van der Waals surface area contributed by atoms with E-state index in [1.165, 1.54) is 33.5 Å². The Balaban J connectivity index is 1.29. The number of aryl methyl sites for hydroxylation is 3. The van der Waals surface area contributed by atoms with Gasteiger partial charge >= 0.3 is 0 Å². The van der Waals surface area contributed by atoms with Crippen LogP contribution < -0.4 is 16.2 Å². The van der Waals surface area contributed by atoms with Crippen molar-refractivity contribution in [3.05, 3.63) is 57.5 Å². The van der Waals surface area contributed by atoms with Gasteiger partial charge in [-0.15, -0.1) is 21.5 Å². The highest BCUT2D eigenvalue weighted by atomic mass is 32.2. The predicted octanol–water partition coefficient (Wildman–Crippen LogP) is 2.17. The molecule has 2 heterocycles. The van der Waals surface area contributed by atoms with Crippen LogP contribution in [0.25, 0.3) is 0 Å². The first-order chi connectivity index (χ1) is 15.0. The molecule has 3 aromatic rings. The van der Waals surface area contributed by atoms with E-state index in [2.05, 4.69) is 26.4 Å². The molecule has 0 aliphatic heterocycles. The van der Waals surface area contributed by atoms with Crippen molar-refractivity contribution in [1.82, 2.24) is 25.6 Å². The second kappa shape index (κ2) is 9.31. The summed E-state index contributed by atoms with van der Waals surface area (Å²) < 4.78 is 1.72. The van der Waals surface area contributed by atoms with Crippen LogP contribution in [-0.4, -0.2) is 38.2 Å². The molecule has 0 saturated heterocycles. The fraction of sp³-hybridized carbons (Fsp3) is 0.250. The Kier molecular flexibility index (Phi) is 6.33. The minimum Gasteiger partial charge on any atom is -0.325 e. The molecule has 11 heteroatoms. The van der Waals surface area contributed by atoms with E-state index in [0.29, 0.717) is 21.3 Å². The van der Waals surface area contributed by atoms with Gasteiger partial charge in [-0.25, -0.2) is 0 Å². The number of rotatable bonds is 6. The van der Waals surface area contributed by atoms with Gasteiger partial charge < -0.3 is 9.88 Å². The molecule has 160 valence electrons. The number of nitrogens with one attached hydrogen (secondary N) is 3. The molecule has 0 unspecified atom stereocenters. The van der Waals surface area contributed by atoms with E-state index >= 15 is 0 Å². The monoisotopic (exact) mass is 456 g/mol. The number of carbonyl (C=O) groups is 3. The molecule has 0 saturated carbocycles. The summed E-state index contributed by atoms with van der Waals surface area (Å²) in [5.74, 6) is -0.881. The predicted molar refractivity (Wildman–Crippen MR) is 118 cm³/mol. The lowest BCUT2D eigenvalue weighted by molar-refractivity contribution is -0.113. The Morgan fingerprint density at radius 1 is 1.16 bits per heavy atom. The molecule has 3 N–H and O–H groups in total. The highest BCUT2D eigenvalue weighted by Gasteiger charge is 2.19. The SMILES string of the molecule is Cn1cnnc1SCC(=O)Nc1cccc(C(=O)NNC(=O)c2cc3c(s2)CCC3)c1. The Morgan fingerprint density at radius 2 is 2.00 bits per heavy atom. The van der Waals surface area contributed by atoms with Gasteiger partial charge in [-0.1, -0.05) is 17.8 Å². The van der Waals surface area contributed by atoms with Gasteiger partial charge in [0.1, 0.15) is 6.33 Å². The van der Waals surface area contributed by atoms with Gasteiger partial charge in [0.15, 0.2) is 5.16 Å². The summed E-state index contributed by atoms with van der Waals surface area (Å²) in [6, 6.07) is 8.39. The van der Waals surface area contributed by atoms with Gasteiger partial charge in [-0.3, -0.25) is 25.2 Å². The minimum absolute atomic E-state index is 0.157. The van der Waals surface area contributed by atoms with E-state index in [1.54, 1.807) is 42.2 Å². The van der Waals surface area contributed by atoms with Crippen molar-refractivity contribution in [2.75, 3.05) is 11.1 Å². The van der Waals surface area contributed by atoms with Crippen molar-refractivity contribution in [2.45, 2.75) is 24.4 Å². The third-order valence-electron chi connectivity index (χ3n) is 4.67. The lowest BCUT2D eigenvalue weighted by atomic mass is 10.2. The van der Waals surface area contributed by atoms with Crippen LogP contribution in [0.3, 0.4) is 0 Å². The van der Waals surface area contributed by atoms with E-state index in [0.717, 1.165) is 19.3 Å². The Bertz CT molecular complexity index is 1120. The highest BCUT2D eigenvalue weighted by Crippen LogP contribution is 2.30. The number of carbonyl (C=O) groups excluding carboxylic acids is 3. The average molecular weight is 457 g/mol. The molecule has 0 radical (unpaired) electrons. The second-order valence-electron chi connectivity index (χ2n) is 6.96. The summed E-state index contributed by atoms with van der Waals surface area (Å²) in [6.07, 6.45) is 4.70. The first-order valence-corrected chi connectivity index (χ1v) is 11.4. The molecule has 2 aromatic heterocycles. The molecule has 31 heavy (non-hydrogen) atoms. The first-order valence-electron chi connectivity index (χ1n) is 9.58. The largest absolute Gasteiger partial charge is 0.325 e. The number of thioether (sulfide) groups is 1. The maximum absolute atomic E-state index is 12.4. The quantitative estimate of drug-likeness (QED) is 0.387. The number of anilines is 1. The summed E-state index contributed by atoms with van der Waals surface area (Å²) in [5, 5.41) is 11.1. The summed E-state index contributed by atoms with van der Waals surface area (Å²) in [5.41, 5.74) is 6.90. The summed E-state index contributed by atoms with van der Waals surface area (Å²) in [6.45, 7) is 0. The molecular weight excluding hydrogens is 436 g/mol. The fourth-order valence-electron chi connectivity index (χ4n) is 3.16. The van der Waals surface area contributed by atoms with Gasteiger partial charge in [0.25, 0.3) is 11.8 Å². The smallest absolute Gasteiger partial charge is 0.279 e. The van der Waals surface area contributed by atoms with Crippen LogP contribution in [0.2, 0.25) is 0 Å². The van der Waals surface area contributed by atoms with Crippen LogP contribution in [0.4, 0.5) is 5.69 Å². The highest BCUT2D eigenvalue weighted by molar-refractivity contribution is 7.99. The Morgan fingerprint density at radius 3 is 2.77 bits per heavy atom. The van der Waals surface area contributed by atoms with Crippen LogP contribution >= 0.6 is 23.1 Å². The first kappa shape index (κ1) is 21.1. The Hall–Kier alpha value is -3.18. The van der Waals surface area contributed by atoms with Crippen LogP contribution in [0, 0.1) is 0 Å². The molecule has 0 bridgehead atoms. The van der Waals surface area contributed by atoms with Crippen molar-refractivity contribution < 1.29 is 14.4 Å². The zero-order chi connectivity index (χ0) is 21.8. The zero-order valence-corrected chi connectivity index (χ0v) is 18.3. The van der Waals surface area contributed by atoms with Crippen molar-refractivity contribution in [3.63, 3.8) is 0 Å². The minimum atomic E-state index is -0.470. The molecule has 3 amide bonds. The van der Waals surface area contributed by atoms with Crippen LogP contribution in [0.1, 0.15) is 36.9 Å². The van der Waals surface area contributed by atoms with E-state index < -0.39 is 5.91 Å². The third kappa shape index (κ3) is 5.12.